The minimum absolute atomic E-state index is 0.0352. The Morgan fingerprint density at radius 1 is 1.09 bits per heavy atom. The van der Waals surface area contributed by atoms with E-state index in [1.165, 1.54) is 24.3 Å². The molecule has 4 rings (SSSR count). The molecule has 3 aromatic rings. The average Bonchev–Trinajstić information content (AvgIpc) is 2.97. The second-order valence-corrected chi connectivity index (χ2v) is 10.4. The van der Waals surface area contributed by atoms with E-state index in [0.29, 0.717) is 22.4 Å². The molecule has 1 aliphatic rings. The summed E-state index contributed by atoms with van der Waals surface area (Å²) in [7, 11) is 0. The highest BCUT2D eigenvalue weighted by atomic mass is 19.4. The molecule has 0 radical (unpaired) electrons. The van der Waals surface area contributed by atoms with Gasteiger partial charge in [-0.25, -0.2) is 4.99 Å². The number of hydrogen-bond donors (Lipinski definition) is 4. The number of aliphatic imine (C=N–C) groups is 1. The van der Waals surface area contributed by atoms with E-state index in [0.717, 1.165) is 43.6 Å². The fourth-order valence-corrected chi connectivity index (χ4v) is 4.90. The molecule has 1 fully saturated rings. The highest BCUT2D eigenvalue weighted by Gasteiger charge is 2.30. The summed E-state index contributed by atoms with van der Waals surface area (Å²) in [6.07, 6.45) is -1.21. The van der Waals surface area contributed by atoms with Gasteiger partial charge in [0.15, 0.2) is 5.96 Å². The molecule has 2 unspecified atom stereocenters. The highest BCUT2D eigenvalue weighted by Crippen LogP contribution is 2.37. The lowest BCUT2D eigenvalue weighted by Crippen LogP contribution is -2.38. The first-order valence-electron chi connectivity index (χ1n) is 13.8. The number of hydrogen-bond acceptors (Lipinski definition) is 6. The van der Waals surface area contributed by atoms with Crippen molar-refractivity contribution in [1.82, 2.24) is 5.32 Å². The summed E-state index contributed by atoms with van der Waals surface area (Å²) in [6.45, 7) is 2.99. The number of amides is 1. The van der Waals surface area contributed by atoms with Crippen molar-refractivity contribution in [2.24, 2.45) is 16.5 Å². The van der Waals surface area contributed by atoms with Gasteiger partial charge < -0.3 is 26.2 Å². The Kier molecular flexibility index (Phi) is 9.92. The van der Waals surface area contributed by atoms with Gasteiger partial charge in [-0.1, -0.05) is 18.2 Å². The second-order valence-electron chi connectivity index (χ2n) is 10.4. The molecule has 1 saturated heterocycles. The quantitative estimate of drug-likeness (QED) is 0.199. The summed E-state index contributed by atoms with van der Waals surface area (Å²) < 4.78 is 45.2. The number of piperidine rings is 1. The number of nitrogens with two attached hydrogens (primary N) is 2. The Bertz CT molecular complexity index is 1460. The number of ether oxygens (including phenoxy) is 1. The van der Waals surface area contributed by atoms with Gasteiger partial charge in [-0.05, 0) is 86.7 Å². The Morgan fingerprint density at radius 2 is 1.79 bits per heavy atom. The number of carboxylic acid groups (broad SMARTS) is 1. The molecule has 1 amide bonds. The summed E-state index contributed by atoms with van der Waals surface area (Å²) in [5, 5.41) is 11.5. The molecular formula is C31H34F3N5O4. The first kappa shape index (κ1) is 31.4. The fourth-order valence-electron chi connectivity index (χ4n) is 4.90. The topological polar surface area (TPSA) is 143 Å². The predicted octanol–water partition coefficient (Wildman–Crippen LogP) is 5.08. The number of rotatable bonds is 9. The lowest BCUT2D eigenvalue weighted by atomic mass is 10.0. The number of nitrogens with one attached hydrogen (secondary N) is 1. The third-order valence-corrected chi connectivity index (χ3v) is 7.27. The lowest BCUT2D eigenvalue weighted by molar-refractivity contribution is -0.139. The maximum absolute atomic E-state index is 13.0. The number of guanidine groups is 1. The average molecular weight is 598 g/mol. The number of benzene rings is 3. The van der Waals surface area contributed by atoms with Gasteiger partial charge in [0.05, 0.1) is 12.1 Å². The molecule has 2 atom stereocenters. The summed E-state index contributed by atoms with van der Waals surface area (Å²) in [6, 6.07) is 15.4. The van der Waals surface area contributed by atoms with Gasteiger partial charge in [0.2, 0.25) is 0 Å². The standard InChI is InChI=1S/C31H34F3N5O4/c1-19-5-2-3-16-39(19)26-6-4-7-27(43-23-14-12-22(13-15-23)31(32,33)34)24(26)18-37-30(36)38-28(40)21-10-8-20(9-11-21)17-25(35)29(41)42/h4,6-15,19,25H,2-3,5,16-18,35H2,1H3,(H,41,42)(H3,36,37,38,40). The van der Waals surface area contributed by atoms with Crippen LogP contribution in [0.15, 0.2) is 71.7 Å². The van der Waals surface area contributed by atoms with Crippen LogP contribution in [0.25, 0.3) is 0 Å². The van der Waals surface area contributed by atoms with Gasteiger partial charge >= 0.3 is 12.1 Å². The van der Waals surface area contributed by atoms with Gasteiger partial charge in [0.25, 0.3) is 5.91 Å². The fraction of sp³-hybridized carbons (Fsp3) is 0.323. The maximum Gasteiger partial charge on any atom is 0.416 e. The number of alkyl halides is 3. The number of carboxylic acids is 1. The first-order valence-corrected chi connectivity index (χ1v) is 13.8. The van der Waals surface area contributed by atoms with Crippen molar-refractivity contribution in [1.29, 1.82) is 0 Å². The molecule has 0 saturated carbocycles. The van der Waals surface area contributed by atoms with Crippen molar-refractivity contribution in [3.05, 3.63) is 89.0 Å². The molecule has 0 aromatic heterocycles. The van der Waals surface area contributed by atoms with Crippen LogP contribution in [0.4, 0.5) is 18.9 Å². The molecule has 3 aromatic carbocycles. The molecule has 12 heteroatoms. The molecule has 228 valence electrons. The number of carbonyl (C=O) groups excluding carboxylic acids is 1. The normalized spacial score (nSPS) is 16.4. The Morgan fingerprint density at radius 3 is 2.42 bits per heavy atom. The molecule has 0 aliphatic carbocycles. The van der Waals surface area contributed by atoms with E-state index in [1.54, 1.807) is 18.2 Å². The zero-order chi connectivity index (χ0) is 31.1. The van der Waals surface area contributed by atoms with Crippen molar-refractivity contribution < 1.29 is 32.6 Å². The minimum Gasteiger partial charge on any atom is -0.480 e. The maximum atomic E-state index is 13.0. The molecule has 1 aliphatic heterocycles. The van der Waals surface area contributed by atoms with Gasteiger partial charge in [-0.2, -0.15) is 13.2 Å². The molecule has 9 nitrogen and oxygen atoms in total. The number of halogens is 3. The smallest absolute Gasteiger partial charge is 0.416 e. The lowest BCUT2D eigenvalue weighted by Gasteiger charge is -2.37. The zero-order valence-electron chi connectivity index (χ0n) is 23.6. The van der Waals surface area contributed by atoms with E-state index in [2.05, 4.69) is 22.1 Å². The Hall–Kier alpha value is -4.58. The summed E-state index contributed by atoms with van der Waals surface area (Å²) in [5.74, 6) is -1.11. The van der Waals surface area contributed by atoms with E-state index < -0.39 is 29.7 Å². The van der Waals surface area contributed by atoms with Crippen LogP contribution in [0.2, 0.25) is 0 Å². The largest absolute Gasteiger partial charge is 0.480 e. The van der Waals surface area contributed by atoms with Crippen molar-refractivity contribution >= 4 is 23.5 Å². The summed E-state index contributed by atoms with van der Waals surface area (Å²) in [5.41, 5.74) is 13.4. The van der Waals surface area contributed by atoms with Gasteiger partial charge in [-0.15, -0.1) is 0 Å². The van der Waals surface area contributed by atoms with Gasteiger partial charge in [0, 0.05) is 29.4 Å². The monoisotopic (exact) mass is 597 g/mol. The molecule has 43 heavy (non-hydrogen) atoms. The van der Waals surface area contributed by atoms with Crippen LogP contribution in [0.1, 0.15) is 53.2 Å². The van der Waals surface area contributed by atoms with Crippen molar-refractivity contribution in [3.8, 4) is 11.5 Å². The van der Waals surface area contributed by atoms with Gasteiger partial charge in [-0.3, -0.25) is 14.9 Å². The number of nitrogens with zero attached hydrogens (tertiary/aromatic N) is 2. The third kappa shape index (κ3) is 8.25. The predicted molar refractivity (Wildman–Crippen MR) is 157 cm³/mol. The van der Waals surface area contributed by atoms with Gasteiger partial charge in [0.1, 0.15) is 17.5 Å². The third-order valence-electron chi connectivity index (χ3n) is 7.27. The second kappa shape index (κ2) is 13.6. The highest BCUT2D eigenvalue weighted by molar-refractivity contribution is 6.05. The van der Waals surface area contributed by atoms with Crippen LogP contribution in [-0.2, 0) is 23.9 Å². The van der Waals surface area contributed by atoms with E-state index in [9.17, 15) is 22.8 Å². The number of carbonyl (C=O) groups is 2. The SMILES string of the molecule is CC1CCCCN1c1cccc(Oc2ccc(C(F)(F)F)cc2)c1CN=C(N)NC(=O)c1ccc(CC(N)C(=O)O)cc1. The summed E-state index contributed by atoms with van der Waals surface area (Å²) >= 11 is 0. The molecule has 0 bridgehead atoms. The minimum atomic E-state index is -4.46. The number of anilines is 1. The summed E-state index contributed by atoms with van der Waals surface area (Å²) in [4.78, 5) is 30.4. The molecule has 6 N–H and O–H groups in total. The van der Waals surface area contributed by atoms with E-state index >= 15 is 0 Å². The number of aliphatic carboxylic acids is 1. The van der Waals surface area contributed by atoms with E-state index in [4.69, 9.17) is 21.3 Å². The molecule has 0 spiro atoms. The Labute approximate surface area is 247 Å². The van der Waals surface area contributed by atoms with E-state index in [1.807, 2.05) is 12.1 Å². The van der Waals surface area contributed by atoms with Crippen LogP contribution in [0, 0.1) is 0 Å². The van der Waals surface area contributed by atoms with Crippen LogP contribution < -0.4 is 26.4 Å². The van der Waals surface area contributed by atoms with Crippen molar-refractivity contribution in [2.45, 2.75) is 57.4 Å². The first-order chi connectivity index (χ1) is 20.4. The zero-order valence-corrected chi connectivity index (χ0v) is 23.6. The van der Waals surface area contributed by atoms with Crippen LogP contribution >= 0.6 is 0 Å². The van der Waals surface area contributed by atoms with Crippen LogP contribution in [0.3, 0.4) is 0 Å². The van der Waals surface area contributed by atoms with Crippen molar-refractivity contribution in [2.75, 3.05) is 11.4 Å². The Balaban J connectivity index is 1.54. The molecular weight excluding hydrogens is 563 g/mol. The van der Waals surface area contributed by atoms with Crippen LogP contribution in [0.5, 0.6) is 11.5 Å². The van der Waals surface area contributed by atoms with Crippen molar-refractivity contribution in [3.63, 3.8) is 0 Å². The van der Waals surface area contributed by atoms with E-state index in [-0.39, 0.29) is 30.7 Å². The van der Waals surface area contributed by atoms with Crippen LogP contribution in [-0.4, -0.2) is 41.6 Å². The molecule has 1 heterocycles.